The van der Waals surface area contributed by atoms with E-state index in [1.165, 1.54) is 0 Å². The van der Waals surface area contributed by atoms with Crippen LogP contribution in [-0.2, 0) is 11.2 Å². The van der Waals surface area contributed by atoms with Gasteiger partial charge in [-0.15, -0.1) is 0 Å². The van der Waals surface area contributed by atoms with Gasteiger partial charge in [-0.05, 0) is 60.9 Å². The first-order valence-electron chi connectivity index (χ1n) is 10.3. The number of nitrogens with zero attached hydrogens (tertiary/aromatic N) is 3. The SMILES string of the molecule is COc1ccc2c(c1)CCCN2C(=O)CN1CCN(C(=O)c2ccc(Cl)cc2)CC1. The van der Waals surface area contributed by atoms with Crippen molar-refractivity contribution in [3.63, 3.8) is 0 Å². The smallest absolute Gasteiger partial charge is 0.253 e. The fraction of sp³-hybridized carbons (Fsp3) is 0.391. The molecule has 0 bridgehead atoms. The molecule has 2 aromatic rings. The lowest BCUT2D eigenvalue weighted by molar-refractivity contribution is -0.120. The summed E-state index contributed by atoms with van der Waals surface area (Å²) in [5.41, 5.74) is 2.79. The number of amides is 2. The van der Waals surface area contributed by atoms with Crippen molar-refractivity contribution < 1.29 is 14.3 Å². The summed E-state index contributed by atoms with van der Waals surface area (Å²) in [5.74, 6) is 0.944. The zero-order chi connectivity index (χ0) is 21.1. The summed E-state index contributed by atoms with van der Waals surface area (Å²) in [6.07, 6.45) is 1.91. The van der Waals surface area contributed by atoms with Crippen LogP contribution in [0.1, 0.15) is 22.3 Å². The molecule has 2 heterocycles. The monoisotopic (exact) mass is 427 g/mol. The second kappa shape index (κ2) is 9.06. The number of fused-ring (bicyclic) bond motifs is 1. The van der Waals surface area contributed by atoms with Crippen LogP contribution in [0.25, 0.3) is 0 Å². The van der Waals surface area contributed by atoms with E-state index in [-0.39, 0.29) is 11.8 Å². The van der Waals surface area contributed by atoms with Crippen LogP contribution < -0.4 is 9.64 Å². The fourth-order valence-electron chi connectivity index (χ4n) is 4.12. The molecule has 0 aliphatic carbocycles. The maximum Gasteiger partial charge on any atom is 0.253 e. The van der Waals surface area contributed by atoms with Crippen molar-refractivity contribution in [2.45, 2.75) is 12.8 Å². The third kappa shape index (κ3) is 4.45. The topological polar surface area (TPSA) is 53.1 Å². The number of hydrogen-bond donors (Lipinski definition) is 0. The van der Waals surface area contributed by atoms with Crippen molar-refractivity contribution in [3.05, 3.63) is 58.6 Å². The van der Waals surface area contributed by atoms with Crippen molar-refractivity contribution in [1.29, 1.82) is 0 Å². The van der Waals surface area contributed by atoms with Crippen molar-refractivity contribution in [1.82, 2.24) is 9.80 Å². The first kappa shape index (κ1) is 20.7. The minimum absolute atomic E-state index is 0.0107. The summed E-state index contributed by atoms with van der Waals surface area (Å²) < 4.78 is 5.31. The van der Waals surface area contributed by atoms with Crippen molar-refractivity contribution in [3.8, 4) is 5.75 Å². The molecular formula is C23H26ClN3O3. The number of halogens is 1. The molecule has 0 unspecified atom stereocenters. The Labute approximate surface area is 182 Å². The first-order valence-corrected chi connectivity index (χ1v) is 10.7. The first-order chi connectivity index (χ1) is 14.5. The maximum absolute atomic E-state index is 13.0. The fourth-order valence-corrected chi connectivity index (χ4v) is 4.25. The molecule has 1 fully saturated rings. The number of carbonyl (C=O) groups excluding carboxylic acids is 2. The van der Waals surface area contributed by atoms with E-state index in [1.807, 2.05) is 28.0 Å². The van der Waals surface area contributed by atoms with E-state index in [1.54, 1.807) is 31.4 Å². The number of carbonyl (C=O) groups is 2. The van der Waals surface area contributed by atoms with Crippen LogP contribution in [0.2, 0.25) is 5.02 Å². The average molecular weight is 428 g/mol. The van der Waals surface area contributed by atoms with Crippen molar-refractivity contribution in [2.75, 3.05) is 51.3 Å². The van der Waals surface area contributed by atoms with Gasteiger partial charge in [-0.3, -0.25) is 14.5 Å². The lowest BCUT2D eigenvalue weighted by Gasteiger charge is -2.36. The van der Waals surface area contributed by atoms with E-state index in [4.69, 9.17) is 16.3 Å². The summed E-state index contributed by atoms with van der Waals surface area (Å²) in [7, 11) is 1.66. The summed E-state index contributed by atoms with van der Waals surface area (Å²) in [6, 6.07) is 12.9. The lowest BCUT2D eigenvalue weighted by atomic mass is 10.0. The normalized spacial score (nSPS) is 16.9. The number of aryl methyl sites for hydroxylation is 1. The van der Waals surface area contributed by atoms with Gasteiger partial charge in [0.1, 0.15) is 5.75 Å². The number of anilines is 1. The van der Waals surface area contributed by atoms with Gasteiger partial charge >= 0.3 is 0 Å². The van der Waals surface area contributed by atoms with Gasteiger partial charge < -0.3 is 14.5 Å². The second-order valence-corrected chi connectivity index (χ2v) is 8.16. The lowest BCUT2D eigenvalue weighted by Crippen LogP contribution is -2.52. The van der Waals surface area contributed by atoms with Crippen LogP contribution in [0.5, 0.6) is 5.75 Å². The molecule has 0 radical (unpaired) electrons. The third-order valence-corrected chi connectivity index (χ3v) is 6.07. The van der Waals surface area contributed by atoms with Gasteiger partial charge in [0.25, 0.3) is 5.91 Å². The predicted molar refractivity (Wildman–Crippen MR) is 117 cm³/mol. The highest BCUT2D eigenvalue weighted by atomic mass is 35.5. The van der Waals surface area contributed by atoms with E-state index in [0.717, 1.165) is 36.4 Å². The Morgan fingerprint density at radius 2 is 1.73 bits per heavy atom. The molecule has 2 aliphatic heterocycles. The molecule has 2 amide bonds. The quantitative estimate of drug-likeness (QED) is 0.752. The van der Waals surface area contributed by atoms with Crippen LogP contribution in [0.3, 0.4) is 0 Å². The van der Waals surface area contributed by atoms with E-state index < -0.39 is 0 Å². The predicted octanol–water partition coefficient (Wildman–Crippen LogP) is 3.09. The molecule has 1 saturated heterocycles. The Balaban J connectivity index is 1.34. The molecule has 7 heteroatoms. The van der Waals surface area contributed by atoms with Gasteiger partial charge in [0.2, 0.25) is 5.91 Å². The molecule has 6 nitrogen and oxygen atoms in total. The average Bonchev–Trinajstić information content (AvgIpc) is 2.78. The molecule has 2 aromatic carbocycles. The highest BCUT2D eigenvalue weighted by molar-refractivity contribution is 6.30. The summed E-state index contributed by atoms with van der Waals surface area (Å²) >= 11 is 5.91. The van der Waals surface area contributed by atoms with Gasteiger partial charge in [-0.1, -0.05) is 11.6 Å². The van der Waals surface area contributed by atoms with Crippen LogP contribution >= 0.6 is 11.6 Å². The molecule has 30 heavy (non-hydrogen) atoms. The zero-order valence-corrected chi connectivity index (χ0v) is 17.9. The molecule has 0 saturated carbocycles. The number of methoxy groups -OCH3 is 1. The van der Waals surface area contributed by atoms with Gasteiger partial charge in [0.05, 0.1) is 13.7 Å². The molecule has 158 valence electrons. The highest BCUT2D eigenvalue weighted by Crippen LogP contribution is 2.30. The van der Waals surface area contributed by atoms with Crippen LogP contribution in [0.15, 0.2) is 42.5 Å². The minimum Gasteiger partial charge on any atom is -0.497 e. The number of benzene rings is 2. The van der Waals surface area contributed by atoms with Gasteiger partial charge in [-0.2, -0.15) is 0 Å². The Hall–Kier alpha value is -2.57. The summed E-state index contributed by atoms with van der Waals surface area (Å²) in [6.45, 7) is 3.72. The molecular weight excluding hydrogens is 402 g/mol. The Bertz CT molecular complexity index is 924. The molecule has 0 atom stereocenters. The number of hydrogen-bond acceptors (Lipinski definition) is 4. The molecule has 0 spiro atoms. The van der Waals surface area contributed by atoms with Crippen molar-refractivity contribution >= 4 is 29.1 Å². The van der Waals surface area contributed by atoms with E-state index in [0.29, 0.717) is 43.3 Å². The van der Waals surface area contributed by atoms with Crippen LogP contribution in [-0.4, -0.2) is 68.0 Å². The summed E-state index contributed by atoms with van der Waals surface area (Å²) in [5, 5.41) is 0.618. The number of rotatable bonds is 4. The number of ether oxygens (including phenoxy) is 1. The zero-order valence-electron chi connectivity index (χ0n) is 17.1. The summed E-state index contributed by atoms with van der Waals surface area (Å²) in [4.78, 5) is 31.5. The molecule has 4 rings (SSSR count). The standard InChI is InChI=1S/C23H26ClN3O3/c1-30-20-8-9-21-18(15-20)3-2-10-27(21)22(28)16-25-11-13-26(14-12-25)23(29)17-4-6-19(24)7-5-17/h4-9,15H,2-3,10-14,16H2,1H3. The van der Waals surface area contributed by atoms with Crippen LogP contribution in [0, 0.1) is 0 Å². The molecule has 0 N–H and O–H groups in total. The number of piperazine rings is 1. The van der Waals surface area contributed by atoms with Gasteiger partial charge in [-0.25, -0.2) is 0 Å². The van der Waals surface area contributed by atoms with Gasteiger partial charge in [0, 0.05) is 49.0 Å². The largest absolute Gasteiger partial charge is 0.497 e. The van der Waals surface area contributed by atoms with E-state index in [9.17, 15) is 9.59 Å². The molecule has 2 aliphatic rings. The maximum atomic E-state index is 13.0. The Morgan fingerprint density at radius 1 is 1.00 bits per heavy atom. The minimum atomic E-state index is 0.0107. The van der Waals surface area contributed by atoms with Gasteiger partial charge in [0.15, 0.2) is 0 Å². The van der Waals surface area contributed by atoms with Crippen molar-refractivity contribution in [2.24, 2.45) is 0 Å². The Kier molecular flexibility index (Phi) is 6.25. The van der Waals surface area contributed by atoms with Crippen LogP contribution in [0.4, 0.5) is 5.69 Å². The molecule has 0 aromatic heterocycles. The van der Waals surface area contributed by atoms with E-state index >= 15 is 0 Å². The second-order valence-electron chi connectivity index (χ2n) is 7.72. The van der Waals surface area contributed by atoms with E-state index in [2.05, 4.69) is 4.90 Å². The Morgan fingerprint density at radius 3 is 2.43 bits per heavy atom. The third-order valence-electron chi connectivity index (χ3n) is 5.82. The highest BCUT2D eigenvalue weighted by Gasteiger charge is 2.27.